The first-order valence-electron chi connectivity index (χ1n) is 13.2. The highest BCUT2D eigenvalue weighted by Gasteiger charge is 2.57. The fourth-order valence-corrected chi connectivity index (χ4v) is 6.70. The first kappa shape index (κ1) is 25.6. The second kappa shape index (κ2) is 8.81. The molecule has 40 heavy (non-hydrogen) atoms. The zero-order valence-electron chi connectivity index (χ0n) is 22.1. The molecule has 1 amide bonds. The van der Waals surface area contributed by atoms with Gasteiger partial charge in [-0.05, 0) is 48.7 Å². The summed E-state index contributed by atoms with van der Waals surface area (Å²) < 4.78 is 42.0. The fourth-order valence-electron chi connectivity index (χ4n) is 6.50. The minimum atomic E-state index is -2.96. The minimum Gasteiger partial charge on any atom is -0.355 e. The van der Waals surface area contributed by atoms with Crippen molar-refractivity contribution in [3.8, 4) is 5.69 Å². The molecule has 9 nitrogen and oxygen atoms in total. The Morgan fingerprint density at radius 1 is 1.02 bits per heavy atom. The molecule has 0 N–H and O–H groups in total. The van der Waals surface area contributed by atoms with Crippen molar-refractivity contribution in [3.63, 3.8) is 0 Å². The van der Waals surface area contributed by atoms with Crippen LogP contribution in [0.15, 0.2) is 30.3 Å². The predicted molar refractivity (Wildman–Crippen MR) is 142 cm³/mol. The summed E-state index contributed by atoms with van der Waals surface area (Å²) in [5.41, 5.74) is 0.573. The van der Waals surface area contributed by atoms with Gasteiger partial charge in [0.1, 0.15) is 17.1 Å². The number of pyridine rings is 1. The monoisotopic (exact) mass is 572 g/mol. The van der Waals surface area contributed by atoms with Crippen molar-refractivity contribution in [2.24, 2.45) is 5.41 Å². The summed E-state index contributed by atoms with van der Waals surface area (Å²) in [5.74, 6) is 0.965. The lowest BCUT2D eigenvalue weighted by molar-refractivity contribution is -0.136. The lowest BCUT2D eigenvalue weighted by atomic mass is 9.73. The summed E-state index contributed by atoms with van der Waals surface area (Å²) in [6.07, 6.45) is -1.36. The van der Waals surface area contributed by atoms with Gasteiger partial charge in [0.05, 0.1) is 12.2 Å². The molecule has 1 aliphatic carbocycles. The highest BCUT2D eigenvalue weighted by atomic mass is 35.5. The fraction of sp³-hybridized carbons (Fsp3) is 0.481. The van der Waals surface area contributed by atoms with Crippen LogP contribution in [0, 0.1) is 11.2 Å². The van der Waals surface area contributed by atoms with Gasteiger partial charge >= 0.3 is 0 Å². The van der Waals surface area contributed by atoms with E-state index >= 15 is 0 Å². The van der Waals surface area contributed by atoms with Crippen LogP contribution in [0.4, 0.5) is 24.9 Å². The van der Waals surface area contributed by atoms with Crippen LogP contribution < -0.4 is 9.80 Å². The lowest BCUT2D eigenvalue weighted by Crippen LogP contribution is -2.73. The third-order valence-corrected chi connectivity index (χ3v) is 8.83. The van der Waals surface area contributed by atoms with Gasteiger partial charge in [-0.2, -0.15) is 0 Å². The van der Waals surface area contributed by atoms with Crippen LogP contribution in [0.3, 0.4) is 0 Å². The number of hydrogen-bond acceptors (Lipinski definition) is 7. The Morgan fingerprint density at radius 2 is 1.75 bits per heavy atom. The Balaban J connectivity index is 1.13. The van der Waals surface area contributed by atoms with E-state index < -0.39 is 23.5 Å². The molecule has 2 aromatic heterocycles. The quantitative estimate of drug-likeness (QED) is 0.462. The first-order chi connectivity index (χ1) is 19.1. The second-order valence-corrected chi connectivity index (χ2v) is 12.1. The second-order valence-electron chi connectivity index (χ2n) is 11.7. The molecule has 7 rings (SSSR count). The minimum absolute atomic E-state index is 0.0246. The Labute approximate surface area is 234 Å². The van der Waals surface area contributed by atoms with E-state index in [4.69, 9.17) is 11.6 Å². The van der Waals surface area contributed by atoms with Gasteiger partial charge in [0.15, 0.2) is 11.6 Å². The molecular weight excluding hydrogens is 545 g/mol. The lowest BCUT2D eigenvalue weighted by Gasteiger charge is -2.60. The van der Waals surface area contributed by atoms with E-state index in [2.05, 4.69) is 29.5 Å². The van der Waals surface area contributed by atoms with E-state index in [1.165, 1.54) is 6.07 Å². The predicted octanol–water partition coefficient (Wildman–Crippen LogP) is 3.66. The van der Waals surface area contributed by atoms with Gasteiger partial charge in [0, 0.05) is 57.3 Å². The summed E-state index contributed by atoms with van der Waals surface area (Å²) >= 11 is 6.41. The van der Waals surface area contributed by atoms with Crippen LogP contribution in [-0.2, 0) is 17.9 Å². The smallest absolute Gasteiger partial charge is 0.283 e. The van der Waals surface area contributed by atoms with Gasteiger partial charge in [0.25, 0.3) is 6.43 Å². The number of nitrogens with zero attached hydrogens (tertiary/aromatic N) is 8. The molecule has 0 bridgehead atoms. The zero-order chi connectivity index (χ0) is 28.0. The molecule has 2 saturated heterocycles. The standard InChI is InChI=1S/C27H28ClF3N8O/c1-35(2)24(40)27(7-8-27)38-10-16-9-17(28)3-5-19(16)39-21(11-38)33-34-25(39)37-14-26(15-37)12-36(13-26)20-6-4-18(29)22(32-20)23(30)31/h3-6,9,23H,7-8,10-15H2,1-2H3. The third kappa shape index (κ3) is 3.87. The van der Waals surface area contributed by atoms with Crippen LogP contribution in [0.25, 0.3) is 5.69 Å². The number of benzene rings is 1. The SMILES string of the molecule is CN(C)C(=O)C1(N2Cc3cc(Cl)ccc3-n3c(nnc3N3CC4(CN(c5ccc(F)c(C(F)F)n5)C4)C3)C2)CC1. The Morgan fingerprint density at radius 3 is 2.42 bits per heavy atom. The molecule has 3 aromatic rings. The van der Waals surface area contributed by atoms with Gasteiger partial charge in [-0.15, -0.1) is 10.2 Å². The number of rotatable bonds is 5. The van der Waals surface area contributed by atoms with Gasteiger partial charge in [0.2, 0.25) is 11.9 Å². The Kier molecular flexibility index (Phi) is 5.63. The van der Waals surface area contributed by atoms with Crippen LogP contribution in [0.2, 0.25) is 5.02 Å². The van der Waals surface area contributed by atoms with Crippen molar-refractivity contribution in [3.05, 3.63) is 58.3 Å². The van der Waals surface area contributed by atoms with Crippen LogP contribution in [0.1, 0.15) is 36.3 Å². The van der Waals surface area contributed by atoms with Crippen molar-refractivity contribution in [2.75, 3.05) is 50.1 Å². The first-order valence-corrected chi connectivity index (χ1v) is 13.6. The van der Waals surface area contributed by atoms with Crippen LogP contribution in [-0.4, -0.2) is 81.3 Å². The number of aromatic nitrogens is 4. The van der Waals surface area contributed by atoms with E-state index in [9.17, 15) is 18.0 Å². The summed E-state index contributed by atoms with van der Waals surface area (Å²) in [7, 11) is 3.58. The third-order valence-electron chi connectivity index (χ3n) is 8.60. The maximum Gasteiger partial charge on any atom is 0.283 e. The maximum atomic E-state index is 13.7. The van der Waals surface area contributed by atoms with Crippen molar-refractivity contribution < 1.29 is 18.0 Å². The summed E-state index contributed by atoms with van der Waals surface area (Å²) in [4.78, 5) is 24.9. The number of anilines is 2. The number of alkyl halides is 2. The molecule has 1 saturated carbocycles. The average Bonchev–Trinajstić information content (AvgIpc) is 3.60. The maximum absolute atomic E-state index is 13.7. The van der Waals surface area contributed by atoms with Crippen LogP contribution >= 0.6 is 11.6 Å². The zero-order valence-corrected chi connectivity index (χ0v) is 22.9. The largest absolute Gasteiger partial charge is 0.355 e. The van der Waals surface area contributed by atoms with E-state index in [0.29, 0.717) is 37.0 Å². The number of hydrogen-bond donors (Lipinski definition) is 0. The highest BCUT2D eigenvalue weighted by molar-refractivity contribution is 6.30. The molecule has 13 heteroatoms. The molecule has 3 fully saturated rings. The van der Waals surface area contributed by atoms with Crippen molar-refractivity contribution in [2.45, 2.75) is 37.9 Å². The molecule has 1 spiro atoms. The molecule has 210 valence electrons. The summed E-state index contributed by atoms with van der Waals surface area (Å²) in [5, 5.41) is 9.77. The average molecular weight is 573 g/mol. The highest BCUT2D eigenvalue weighted by Crippen LogP contribution is 2.48. The molecule has 1 aromatic carbocycles. The number of likely N-dealkylation sites (N-methyl/N-ethyl adjacent to an activating group) is 1. The van der Waals surface area contributed by atoms with E-state index in [0.717, 1.165) is 55.0 Å². The normalized spacial score (nSPS) is 20.5. The van der Waals surface area contributed by atoms with Crippen molar-refractivity contribution in [1.82, 2.24) is 29.5 Å². The molecule has 5 heterocycles. The number of carbonyl (C=O) groups excluding carboxylic acids is 1. The van der Waals surface area contributed by atoms with E-state index in [-0.39, 0.29) is 11.3 Å². The van der Waals surface area contributed by atoms with Gasteiger partial charge in [-0.3, -0.25) is 14.3 Å². The number of amides is 1. The molecule has 4 aliphatic rings. The molecule has 0 atom stereocenters. The van der Waals surface area contributed by atoms with Gasteiger partial charge in [-0.25, -0.2) is 18.2 Å². The van der Waals surface area contributed by atoms with Gasteiger partial charge in [-0.1, -0.05) is 11.6 Å². The molecule has 0 unspecified atom stereocenters. The van der Waals surface area contributed by atoms with E-state index in [1.807, 2.05) is 23.1 Å². The van der Waals surface area contributed by atoms with Crippen molar-refractivity contribution >= 4 is 29.3 Å². The van der Waals surface area contributed by atoms with Gasteiger partial charge < -0.3 is 14.7 Å². The molecule has 0 radical (unpaired) electrons. The topological polar surface area (TPSA) is 73.6 Å². The molecular formula is C27H28ClF3N8O. The van der Waals surface area contributed by atoms with E-state index in [1.54, 1.807) is 19.0 Å². The Bertz CT molecular complexity index is 1510. The Hall–Kier alpha value is -3.38. The van der Waals surface area contributed by atoms with Crippen molar-refractivity contribution in [1.29, 1.82) is 0 Å². The number of carbonyl (C=O) groups is 1. The van der Waals surface area contributed by atoms with Crippen LogP contribution in [0.5, 0.6) is 0 Å². The number of halogens is 4. The summed E-state index contributed by atoms with van der Waals surface area (Å²) in [6, 6.07) is 8.28. The number of fused-ring (bicyclic) bond motifs is 3. The molecule has 3 aliphatic heterocycles. The summed E-state index contributed by atoms with van der Waals surface area (Å²) in [6.45, 7) is 3.78.